The normalized spacial score (nSPS) is 13.1. The molecule has 0 aliphatic rings. The minimum atomic E-state index is -4.00. The van der Waals surface area contributed by atoms with E-state index in [1.807, 2.05) is 0 Å². The van der Waals surface area contributed by atoms with Gasteiger partial charge >= 0.3 is 7.60 Å². The lowest BCUT2D eigenvalue weighted by atomic mass is 10.1. The highest BCUT2D eigenvalue weighted by Gasteiger charge is 2.19. The van der Waals surface area contributed by atoms with E-state index in [4.69, 9.17) is 0 Å². The molecule has 16 heavy (non-hydrogen) atoms. The molecule has 0 aromatic heterocycles. The maximum absolute atomic E-state index is 11.2. The molecule has 0 fully saturated rings. The topological polar surface area (TPSA) is 57.5 Å². The van der Waals surface area contributed by atoms with Gasteiger partial charge in [0.2, 0.25) is 0 Å². The second-order valence-corrected chi connectivity index (χ2v) is 5.85. The summed E-state index contributed by atoms with van der Waals surface area (Å²) >= 11 is 0. The van der Waals surface area contributed by atoms with Crippen molar-refractivity contribution >= 4 is 7.60 Å². The number of rotatable bonds is 9. The highest BCUT2D eigenvalue weighted by molar-refractivity contribution is 7.56. The van der Waals surface area contributed by atoms with E-state index in [-0.39, 0.29) is 0 Å². The Labute approximate surface area is 99.1 Å². The lowest BCUT2D eigenvalue weighted by Gasteiger charge is -2.09. The van der Waals surface area contributed by atoms with Crippen LogP contribution >= 0.6 is 7.60 Å². The van der Waals surface area contributed by atoms with Gasteiger partial charge in [-0.3, -0.25) is 4.57 Å². The Morgan fingerprint density at radius 2 is 1.62 bits per heavy atom. The third-order valence-electron chi connectivity index (χ3n) is 2.60. The summed E-state index contributed by atoms with van der Waals surface area (Å²) in [5.74, 6) is 0. The standard InChI is InChI=1S/C12H25O3P/c1-3-5-7-9-11-12(16(13,14)15)10-8-6-4-2/h11H,3-10H2,1-2H3,(H2,13,14,15). The van der Waals surface area contributed by atoms with Crippen LogP contribution in [0.15, 0.2) is 11.4 Å². The van der Waals surface area contributed by atoms with Crippen LogP contribution in [0.2, 0.25) is 0 Å². The molecule has 0 aromatic carbocycles. The van der Waals surface area contributed by atoms with Gasteiger partial charge in [-0.15, -0.1) is 0 Å². The molecular formula is C12H25O3P. The molecule has 0 rings (SSSR count). The molecular weight excluding hydrogens is 223 g/mol. The minimum absolute atomic E-state index is 0.344. The van der Waals surface area contributed by atoms with Crippen molar-refractivity contribution in [2.75, 3.05) is 0 Å². The first kappa shape index (κ1) is 15.9. The first-order chi connectivity index (χ1) is 7.52. The molecule has 0 saturated heterocycles. The molecule has 0 aromatic rings. The van der Waals surface area contributed by atoms with Gasteiger partial charge < -0.3 is 9.79 Å². The molecule has 0 aliphatic heterocycles. The number of unbranched alkanes of at least 4 members (excludes halogenated alkanes) is 5. The zero-order chi connectivity index (χ0) is 12.4. The fraction of sp³-hybridized carbons (Fsp3) is 0.833. The van der Waals surface area contributed by atoms with Gasteiger partial charge in [0, 0.05) is 5.31 Å². The second kappa shape index (κ2) is 8.98. The molecule has 0 bridgehead atoms. The fourth-order valence-corrected chi connectivity index (χ4v) is 2.40. The van der Waals surface area contributed by atoms with E-state index < -0.39 is 7.60 Å². The highest BCUT2D eigenvalue weighted by atomic mass is 31.2. The van der Waals surface area contributed by atoms with Crippen molar-refractivity contribution in [3.63, 3.8) is 0 Å². The predicted octanol–water partition coefficient (Wildman–Crippen LogP) is 4.21. The van der Waals surface area contributed by atoms with E-state index in [1.54, 1.807) is 6.08 Å². The fourth-order valence-electron chi connectivity index (χ4n) is 1.59. The maximum Gasteiger partial charge on any atom is 0.351 e. The first-order valence-corrected chi connectivity index (χ1v) is 7.88. The summed E-state index contributed by atoms with van der Waals surface area (Å²) in [6, 6.07) is 0. The summed E-state index contributed by atoms with van der Waals surface area (Å²) in [5.41, 5.74) is 0. The van der Waals surface area contributed by atoms with Crippen LogP contribution in [-0.4, -0.2) is 9.79 Å². The molecule has 0 unspecified atom stereocenters. The highest BCUT2D eigenvalue weighted by Crippen LogP contribution is 2.47. The van der Waals surface area contributed by atoms with Crippen LogP contribution in [0.25, 0.3) is 0 Å². The quantitative estimate of drug-likeness (QED) is 0.474. The lowest BCUT2D eigenvalue weighted by molar-refractivity contribution is 0.379. The number of hydrogen-bond donors (Lipinski definition) is 2. The van der Waals surface area contributed by atoms with Crippen molar-refractivity contribution in [1.29, 1.82) is 0 Å². The Morgan fingerprint density at radius 1 is 1.06 bits per heavy atom. The molecule has 0 aliphatic carbocycles. The van der Waals surface area contributed by atoms with Gasteiger partial charge in [0.1, 0.15) is 0 Å². The lowest BCUT2D eigenvalue weighted by Crippen LogP contribution is -1.88. The summed E-state index contributed by atoms with van der Waals surface area (Å²) in [7, 11) is -4.00. The van der Waals surface area contributed by atoms with Crippen molar-refractivity contribution in [2.45, 2.75) is 65.2 Å². The van der Waals surface area contributed by atoms with Gasteiger partial charge in [0.05, 0.1) is 0 Å². The van der Waals surface area contributed by atoms with Crippen LogP contribution in [0.3, 0.4) is 0 Å². The van der Waals surface area contributed by atoms with E-state index >= 15 is 0 Å². The SMILES string of the molecule is CCCCCC=C(CCCCC)P(=O)(O)O. The van der Waals surface area contributed by atoms with E-state index in [1.165, 1.54) is 0 Å². The largest absolute Gasteiger partial charge is 0.351 e. The van der Waals surface area contributed by atoms with Gasteiger partial charge in [0.25, 0.3) is 0 Å². The van der Waals surface area contributed by atoms with Crippen LogP contribution in [0.1, 0.15) is 65.2 Å². The Morgan fingerprint density at radius 3 is 2.12 bits per heavy atom. The van der Waals surface area contributed by atoms with Crippen molar-refractivity contribution < 1.29 is 14.4 Å². The molecule has 0 amide bonds. The van der Waals surface area contributed by atoms with E-state index in [2.05, 4.69) is 13.8 Å². The molecule has 4 heteroatoms. The van der Waals surface area contributed by atoms with Crippen LogP contribution in [0.5, 0.6) is 0 Å². The Bertz CT molecular complexity index is 243. The molecule has 0 radical (unpaired) electrons. The number of allylic oxidation sites excluding steroid dienone is 2. The number of hydrogen-bond acceptors (Lipinski definition) is 1. The van der Waals surface area contributed by atoms with Gasteiger partial charge in [0.15, 0.2) is 0 Å². The Balaban J connectivity index is 4.15. The van der Waals surface area contributed by atoms with Crippen LogP contribution in [0.4, 0.5) is 0 Å². The Hall–Kier alpha value is -0.110. The van der Waals surface area contributed by atoms with Crippen molar-refractivity contribution in [2.24, 2.45) is 0 Å². The zero-order valence-electron chi connectivity index (χ0n) is 10.5. The van der Waals surface area contributed by atoms with E-state index in [9.17, 15) is 14.4 Å². The summed E-state index contributed by atoms with van der Waals surface area (Å²) in [6.45, 7) is 4.21. The summed E-state index contributed by atoms with van der Waals surface area (Å²) in [6.07, 6.45) is 9.36. The van der Waals surface area contributed by atoms with Crippen molar-refractivity contribution in [1.82, 2.24) is 0 Å². The van der Waals surface area contributed by atoms with Gasteiger partial charge in [-0.2, -0.15) is 0 Å². The van der Waals surface area contributed by atoms with Gasteiger partial charge in [-0.05, 0) is 25.7 Å². The third kappa shape index (κ3) is 8.09. The summed E-state index contributed by atoms with van der Waals surface area (Å²) < 4.78 is 11.2. The van der Waals surface area contributed by atoms with Crippen molar-refractivity contribution in [3.05, 3.63) is 11.4 Å². The van der Waals surface area contributed by atoms with Gasteiger partial charge in [-0.1, -0.05) is 45.6 Å². The molecule has 96 valence electrons. The van der Waals surface area contributed by atoms with E-state index in [0.717, 1.165) is 44.9 Å². The van der Waals surface area contributed by atoms with Crippen molar-refractivity contribution in [3.8, 4) is 0 Å². The Kier molecular flexibility index (Phi) is 8.91. The third-order valence-corrected chi connectivity index (χ3v) is 3.75. The summed E-state index contributed by atoms with van der Waals surface area (Å²) in [5, 5.41) is 0.344. The molecule has 0 saturated carbocycles. The monoisotopic (exact) mass is 248 g/mol. The molecule has 3 nitrogen and oxygen atoms in total. The first-order valence-electron chi connectivity index (χ1n) is 6.27. The smallest absolute Gasteiger partial charge is 0.321 e. The zero-order valence-corrected chi connectivity index (χ0v) is 11.4. The van der Waals surface area contributed by atoms with E-state index in [0.29, 0.717) is 11.7 Å². The average molecular weight is 248 g/mol. The molecule has 0 atom stereocenters. The average Bonchev–Trinajstić information content (AvgIpc) is 2.20. The molecule has 0 heterocycles. The van der Waals surface area contributed by atoms with Crippen LogP contribution < -0.4 is 0 Å². The second-order valence-electron chi connectivity index (χ2n) is 4.19. The van der Waals surface area contributed by atoms with Crippen LogP contribution in [0, 0.1) is 0 Å². The minimum Gasteiger partial charge on any atom is -0.321 e. The molecule has 0 spiro atoms. The molecule has 2 N–H and O–H groups in total. The van der Waals surface area contributed by atoms with Crippen LogP contribution in [-0.2, 0) is 4.57 Å². The van der Waals surface area contributed by atoms with Gasteiger partial charge in [-0.25, -0.2) is 0 Å². The predicted molar refractivity (Wildman–Crippen MR) is 68.4 cm³/mol. The summed E-state index contributed by atoms with van der Waals surface area (Å²) in [4.78, 5) is 18.4. The maximum atomic E-state index is 11.2.